The van der Waals surface area contributed by atoms with Gasteiger partial charge in [0.1, 0.15) is 47.6 Å². The number of esters is 3. The number of carbonyl (C=O) groups excluding carboxylic acids is 3. The molecule has 0 bridgehead atoms. The van der Waals surface area contributed by atoms with Gasteiger partial charge in [-0.15, -0.1) is 0 Å². The second-order valence-electron chi connectivity index (χ2n) is 22.8. The van der Waals surface area contributed by atoms with Crippen LogP contribution in [-0.4, -0.2) is 185 Å². The Labute approximate surface area is 439 Å². The molecule has 5 rings (SSSR count). The fourth-order valence-electron chi connectivity index (χ4n) is 11.8. The van der Waals surface area contributed by atoms with Crippen LogP contribution in [0.15, 0.2) is 11.6 Å². The Bertz CT molecular complexity index is 2130. The van der Waals surface area contributed by atoms with E-state index < -0.39 is 114 Å². The molecule has 1 aromatic rings. The van der Waals surface area contributed by atoms with Crippen LogP contribution in [0.3, 0.4) is 0 Å². The molecule has 3 saturated heterocycles. The van der Waals surface area contributed by atoms with Crippen molar-refractivity contribution in [2.75, 3.05) is 41.9 Å². The van der Waals surface area contributed by atoms with Crippen molar-refractivity contribution in [3.05, 3.63) is 33.9 Å². The summed E-state index contributed by atoms with van der Waals surface area (Å²) in [7, 11) is 8.58. The number of benzene rings is 1. The Morgan fingerprint density at radius 3 is 2.22 bits per heavy atom. The number of fused-ring (bicyclic) bond motifs is 1. The summed E-state index contributed by atoms with van der Waals surface area (Å²) in [6.45, 7) is 21.5. The molecule has 422 valence electrons. The zero-order valence-electron chi connectivity index (χ0n) is 47.1. The summed E-state index contributed by atoms with van der Waals surface area (Å²) in [6.07, 6.45) is -6.91. The second kappa shape index (κ2) is 24.9. The number of hydrogen-bond donors (Lipinski definition) is 5. The number of nitrogens with zero attached hydrogens (tertiary/aromatic N) is 2. The van der Waals surface area contributed by atoms with E-state index in [-0.39, 0.29) is 62.0 Å². The fraction of sp³-hybridized carbons (Fsp3) is 0.800. The molecule has 0 spiro atoms. The van der Waals surface area contributed by atoms with E-state index in [4.69, 9.17) is 42.6 Å². The third-order valence-corrected chi connectivity index (χ3v) is 16.5. The third-order valence-electron chi connectivity index (χ3n) is 16.5. The van der Waals surface area contributed by atoms with Crippen LogP contribution in [0.1, 0.15) is 142 Å². The minimum atomic E-state index is -1.86. The molecule has 5 N–H and O–H groups in total. The molecule has 0 aliphatic carbocycles. The molecule has 74 heavy (non-hydrogen) atoms. The number of aliphatic hydroxyl groups excluding tert-OH is 2. The van der Waals surface area contributed by atoms with Gasteiger partial charge < -0.3 is 78.0 Å². The van der Waals surface area contributed by atoms with Crippen LogP contribution in [0.5, 0.6) is 11.5 Å². The molecule has 0 saturated carbocycles. The molecule has 1 aromatic carbocycles. The van der Waals surface area contributed by atoms with Crippen LogP contribution in [0, 0.1) is 24.7 Å². The number of hydrogen-bond acceptors (Lipinski definition) is 19. The number of rotatable bonds is 14. The quantitative estimate of drug-likeness (QED) is 0.0923. The summed E-state index contributed by atoms with van der Waals surface area (Å²) in [5.74, 6) is -3.80. The first kappa shape index (κ1) is 61.4. The number of allylic oxidation sites excluding steroid dienone is 2. The second-order valence-corrected chi connectivity index (χ2v) is 22.8. The van der Waals surface area contributed by atoms with Crippen molar-refractivity contribution in [1.82, 2.24) is 9.80 Å². The molecule has 0 amide bonds. The van der Waals surface area contributed by atoms with Gasteiger partial charge >= 0.3 is 17.9 Å². The van der Waals surface area contributed by atoms with Crippen molar-refractivity contribution >= 4 is 17.9 Å². The molecule has 19 heteroatoms. The van der Waals surface area contributed by atoms with Gasteiger partial charge in [0, 0.05) is 49.6 Å². The van der Waals surface area contributed by atoms with Crippen LogP contribution < -0.4 is 4.74 Å². The SMILES string of the molecule is CC[C@H]1OC(=O)[C@H](C)[C@@H](O[C@H]2C[C@@](C)(OC)[C@@H](O)[C@H](C)O2)[C@H](C)[C@@H](O[C@@H]2O[C@H](C)CC(N(C)C)[C@H]2OC(=O)CCC(C)=CCc2c(O)c3c(c(C)c2OC)COC3=O)[C@](C)(O)C[C@@H](C)CN(C)[C@H](C)[C@@H](O)[C@]1(C)O. The lowest BCUT2D eigenvalue weighted by molar-refractivity contribution is -0.319. The van der Waals surface area contributed by atoms with Crippen LogP contribution >= 0.6 is 0 Å². The van der Waals surface area contributed by atoms with Gasteiger partial charge in [-0.05, 0) is 127 Å². The Balaban J connectivity index is 1.51. The standard InChI is InChI=1S/C55H90N2O17/c1-18-39-55(12,65)47(60)34(8)57(15)26-29(3)24-53(10,64)49(32(6)44(33(7)50(62)71-39)73-41-25-54(11,67-17)48(61)35(9)70-41)74-52-46(38(56(13)14)23-30(4)69-52)72-40(58)22-20-28(2)19-21-36-43(59)42-37(27-68-51(42)63)31(5)45(36)66-16/h19,29-30,32-35,38-39,41,44,46-49,52,59-61,64-65H,18,20-27H2,1-17H3/t29-,30-,32+,33-,34-,35+,38?,39-,41+,44+,46-,47-,48+,49-,52+,53-,54-,55-/m1/s1. The maximum atomic E-state index is 14.6. The Hall–Kier alpha value is -3.47. The Kier molecular flexibility index (Phi) is 20.6. The average Bonchev–Trinajstić information content (AvgIpc) is 3.73. The highest BCUT2D eigenvalue weighted by Gasteiger charge is 2.53. The summed E-state index contributed by atoms with van der Waals surface area (Å²) in [5.41, 5.74) is -1.95. The smallest absolute Gasteiger partial charge is 0.342 e. The van der Waals surface area contributed by atoms with Gasteiger partial charge in [-0.2, -0.15) is 0 Å². The molecule has 4 aliphatic heterocycles. The van der Waals surface area contributed by atoms with E-state index in [9.17, 15) is 39.9 Å². The number of carbonyl (C=O) groups is 3. The minimum Gasteiger partial charge on any atom is -0.507 e. The molecule has 0 radical (unpaired) electrons. The van der Waals surface area contributed by atoms with Crippen molar-refractivity contribution in [3.63, 3.8) is 0 Å². The van der Waals surface area contributed by atoms with Crippen LogP contribution in [0.4, 0.5) is 0 Å². The van der Waals surface area contributed by atoms with Gasteiger partial charge in [-0.25, -0.2) is 4.79 Å². The van der Waals surface area contributed by atoms with E-state index in [1.54, 1.807) is 48.5 Å². The number of likely N-dealkylation sites (N-methyl/N-ethyl adjacent to an activating group) is 2. The predicted octanol–water partition coefficient (Wildman–Crippen LogP) is 5.11. The van der Waals surface area contributed by atoms with E-state index in [2.05, 4.69) is 0 Å². The van der Waals surface area contributed by atoms with Crippen LogP contribution in [-0.2, 0) is 60.5 Å². The van der Waals surface area contributed by atoms with Gasteiger partial charge in [0.25, 0.3) is 0 Å². The summed E-state index contributed by atoms with van der Waals surface area (Å²) in [6, 6.07) is -0.999. The molecule has 19 nitrogen and oxygen atoms in total. The van der Waals surface area contributed by atoms with Crippen molar-refractivity contribution in [2.45, 2.75) is 225 Å². The normalized spacial score (nSPS) is 39.2. The molecule has 18 atom stereocenters. The topological polar surface area (TPSA) is 242 Å². The lowest BCUT2D eigenvalue weighted by Gasteiger charge is -2.49. The fourth-order valence-corrected chi connectivity index (χ4v) is 11.8. The molecular weight excluding hydrogens is 961 g/mol. The van der Waals surface area contributed by atoms with Gasteiger partial charge in [0.15, 0.2) is 18.7 Å². The summed E-state index contributed by atoms with van der Waals surface area (Å²) in [4.78, 5) is 45.0. The van der Waals surface area contributed by atoms with Crippen LogP contribution in [0.25, 0.3) is 0 Å². The number of ether oxygens (including phenoxy) is 9. The van der Waals surface area contributed by atoms with Gasteiger partial charge in [0.2, 0.25) is 0 Å². The molecule has 4 aliphatic rings. The van der Waals surface area contributed by atoms with Crippen molar-refractivity contribution < 1.29 is 82.5 Å². The zero-order chi connectivity index (χ0) is 55.5. The highest BCUT2D eigenvalue weighted by Crippen LogP contribution is 2.43. The van der Waals surface area contributed by atoms with E-state index >= 15 is 0 Å². The van der Waals surface area contributed by atoms with Gasteiger partial charge in [-0.1, -0.05) is 32.4 Å². The van der Waals surface area contributed by atoms with Crippen molar-refractivity contribution in [3.8, 4) is 11.5 Å². The molecule has 1 unspecified atom stereocenters. The lowest BCUT2D eigenvalue weighted by atomic mass is 9.77. The van der Waals surface area contributed by atoms with Gasteiger partial charge in [0.05, 0.1) is 54.7 Å². The largest absolute Gasteiger partial charge is 0.507 e. The first-order valence-electron chi connectivity index (χ1n) is 26.4. The molecule has 3 fully saturated rings. The Morgan fingerprint density at radius 2 is 1.61 bits per heavy atom. The van der Waals surface area contributed by atoms with E-state index in [0.29, 0.717) is 41.8 Å². The summed E-state index contributed by atoms with van der Waals surface area (Å²) >= 11 is 0. The maximum Gasteiger partial charge on any atom is 0.342 e. The van der Waals surface area contributed by atoms with E-state index in [0.717, 1.165) is 5.57 Å². The number of cyclic esters (lactones) is 2. The van der Waals surface area contributed by atoms with Crippen molar-refractivity contribution in [2.24, 2.45) is 17.8 Å². The molecule has 4 heterocycles. The van der Waals surface area contributed by atoms with E-state index in [1.807, 2.05) is 64.7 Å². The first-order valence-corrected chi connectivity index (χ1v) is 26.4. The monoisotopic (exact) mass is 1050 g/mol. The zero-order valence-corrected chi connectivity index (χ0v) is 47.1. The van der Waals surface area contributed by atoms with Crippen LogP contribution in [0.2, 0.25) is 0 Å². The summed E-state index contributed by atoms with van der Waals surface area (Å²) < 4.78 is 56.0. The molecule has 0 aromatic heterocycles. The predicted molar refractivity (Wildman–Crippen MR) is 273 cm³/mol. The Morgan fingerprint density at radius 1 is 0.946 bits per heavy atom. The lowest BCUT2D eigenvalue weighted by Crippen LogP contribution is -2.61. The highest BCUT2D eigenvalue weighted by molar-refractivity contribution is 5.98. The summed E-state index contributed by atoms with van der Waals surface area (Å²) in [5, 5.41) is 58.9. The van der Waals surface area contributed by atoms with Gasteiger partial charge in [-0.3, -0.25) is 9.59 Å². The van der Waals surface area contributed by atoms with Crippen molar-refractivity contribution in [1.29, 1.82) is 0 Å². The highest BCUT2D eigenvalue weighted by atomic mass is 16.7. The number of methoxy groups -OCH3 is 2. The molecular formula is C55H90N2O17. The number of phenols is 1. The maximum absolute atomic E-state index is 14.6. The average molecular weight is 1050 g/mol. The number of phenolic OH excluding ortho intramolecular Hbond substituents is 1. The number of aliphatic hydroxyl groups is 4. The number of aromatic hydroxyl groups is 1. The minimum absolute atomic E-state index is 0.0221. The first-order chi connectivity index (χ1) is 34.4. The third kappa shape index (κ3) is 13.4. The van der Waals surface area contributed by atoms with E-state index in [1.165, 1.54) is 21.1 Å².